The number of carbonyl (C=O) groups is 2. The van der Waals surface area contributed by atoms with Crippen LogP contribution in [0.2, 0.25) is 0 Å². The highest BCUT2D eigenvalue weighted by molar-refractivity contribution is 7.80. The van der Waals surface area contributed by atoms with Gasteiger partial charge in [0.1, 0.15) is 10.7 Å². The van der Waals surface area contributed by atoms with Crippen molar-refractivity contribution in [3.63, 3.8) is 0 Å². The van der Waals surface area contributed by atoms with Crippen LogP contribution < -0.4 is 15.4 Å². The number of anilines is 1. The number of methoxy groups -OCH3 is 1. The smallest absolute Gasteiger partial charge is 0.234 e. The van der Waals surface area contributed by atoms with Crippen molar-refractivity contribution >= 4 is 34.7 Å². The first-order valence-electron chi connectivity index (χ1n) is 5.38. The molecule has 0 atom stereocenters. The third kappa shape index (κ3) is 2.06. The average molecular weight is 264 g/mol. The molecule has 18 heavy (non-hydrogen) atoms. The van der Waals surface area contributed by atoms with E-state index in [9.17, 15) is 9.59 Å². The van der Waals surface area contributed by atoms with Crippen LogP contribution in [0.5, 0.6) is 5.75 Å². The lowest BCUT2D eigenvalue weighted by atomic mass is 10.1. The van der Waals surface area contributed by atoms with Crippen LogP contribution in [0.15, 0.2) is 18.2 Å². The maximum absolute atomic E-state index is 11.7. The molecule has 1 aliphatic heterocycles. The van der Waals surface area contributed by atoms with Crippen molar-refractivity contribution < 1.29 is 14.3 Å². The second-order valence-corrected chi connectivity index (χ2v) is 4.31. The van der Waals surface area contributed by atoms with E-state index in [0.29, 0.717) is 17.0 Å². The van der Waals surface area contributed by atoms with Gasteiger partial charge in [-0.2, -0.15) is 0 Å². The zero-order valence-electron chi connectivity index (χ0n) is 9.80. The maximum atomic E-state index is 11.7. The Labute approximate surface area is 110 Å². The number of benzene rings is 1. The molecule has 0 aromatic heterocycles. The Morgan fingerprint density at radius 3 is 2.44 bits per heavy atom. The summed E-state index contributed by atoms with van der Waals surface area (Å²) in [5.74, 6) is -0.0355. The lowest BCUT2D eigenvalue weighted by Crippen LogP contribution is -2.29. The van der Waals surface area contributed by atoms with Gasteiger partial charge < -0.3 is 10.5 Å². The average Bonchev–Trinajstić information content (AvgIpc) is 2.68. The van der Waals surface area contributed by atoms with Crippen molar-refractivity contribution in [3.8, 4) is 5.75 Å². The molecule has 0 aliphatic carbocycles. The number of nitrogens with two attached hydrogens (primary N) is 1. The zero-order chi connectivity index (χ0) is 13.3. The summed E-state index contributed by atoms with van der Waals surface area (Å²) >= 11 is 4.87. The van der Waals surface area contributed by atoms with Crippen molar-refractivity contribution in [1.29, 1.82) is 0 Å². The molecule has 1 aliphatic rings. The Kier molecular flexibility index (Phi) is 3.29. The Hall–Kier alpha value is -1.95. The molecule has 0 bridgehead atoms. The highest BCUT2D eigenvalue weighted by Gasteiger charge is 2.32. The fourth-order valence-corrected chi connectivity index (χ4v) is 1.99. The summed E-state index contributed by atoms with van der Waals surface area (Å²) in [6.07, 6.45) is 0.470. The van der Waals surface area contributed by atoms with Crippen LogP contribution in [0.1, 0.15) is 18.4 Å². The van der Waals surface area contributed by atoms with Crippen LogP contribution in [0.25, 0.3) is 0 Å². The predicted octanol–water partition coefficient (Wildman–Crippen LogP) is 0.983. The summed E-state index contributed by atoms with van der Waals surface area (Å²) in [4.78, 5) is 24.7. The first-order valence-corrected chi connectivity index (χ1v) is 5.79. The highest BCUT2D eigenvalue weighted by atomic mass is 32.1. The van der Waals surface area contributed by atoms with Crippen molar-refractivity contribution in [2.75, 3.05) is 12.0 Å². The summed E-state index contributed by atoms with van der Waals surface area (Å²) < 4.78 is 5.18. The molecule has 1 aromatic rings. The van der Waals surface area contributed by atoms with Crippen LogP contribution in [-0.2, 0) is 9.59 Å². The molecular weight excluding hydrogens is 252 g/mol. The minimum Gasteiger partial charge on any atom is -0.495 e. The Bertz CT molecular complexity index is 526. The van der Waals surface area contributed by atoms with Gasteiger partial charge in [-0.15, -0.1) is 0 Å². The van der Waals surface area contributed by atoms with Gasteiger partial charge in [-0.1, -0.05) is 12.2 Å². The molecule has 94 valence electrons. The molecular formula is C12H12N2O3S. The minimum atomic E-state index is -0.221. The first-order chi connectivity index (χ1) is 8.54. The first kappa shape index (κ1) is 12.5. The van der Waals surface area contributed by atoms with Crippen LogP contribution >= 0.6 is 12.2 Å². The topological polar surface area (TPSA) is 72.6 Å². The predicted molar refractivity (Wildman–Crippen MR) is 70.6 cm³/mol. The van der Waals surface area contributed by atoms with Crippen molar-refractivity contribution in [1.82, 2.24) is 0 Å². The van der Waals surface area contributed by atoms with Gasteiger partial charge in [0.15, 0.2) is 0 Å². The van der Waals surface area contributed by atoms with E-state index in [1.165, 1.54) is 7.11 Å². The molecule has 2 N–H and O–H groups in total. The number of imide groups is 1. The molecule has 1 aromatic carbocycles. The largest absolute Gasteiger partial charge is 0.495 e. The Morgan fingerprint density at radius 1 is 1.33 bits per heavy atom. The molecule has 1 heterocycles. The molecule has 5 nitrogen and oxygen atoms in total. The van der Waals surface area contributed by atoms with Crippen molar-refractivity contribution in [2.24, 2.45) is 5.73 Å². The van der Waals surface area contributed by atoms with E-state index in [4.69, 9.17) is 22.7 Å². The highest BCUT2D eigenvalue weighted by Crippen LogP contribution is 2.32. The zero-order valence-corrected chi connectivity index (χ0v) is 10.6. The van der Waals surface area contributed by atoms with E-state index in [-0.39, 0.29) is 29.6 Å². The number of amides is 2. The van der Waals surface area contributed by atoms with Crippen molar-refractivity contribution in [3.05, 3.63) is 23.8 Å². The molecule has 0 spiro atoms. The van der Waals surface area contributed by atoms with Crippen LogP contribution in [0, 0.1) is 0 Å². The molecule has 0 saturated carbocycles. The fraction of sp³-hybridized carbons (Fsp3) is 0.250. The second kappa shape index (κ2) is 4.73. The standard InChI is InChI=1S/C12H12N2O3S/c1-17-9-6-7(12(13)18)2-3-8(9)14-10(15)4-5-11(14)16/h2-3,6H,4-5H2,1H3,(H2,13,18). The molecule has 2 amide bonds. The summed E-state index contributed by atoms with van der Waals surface area (Å²) in [7, 11) is 1.47. The van der Waals surface area contributed by atoms with Gasteiger partial charge in [0.25, 0.3) is 0 Å². The number of carbonyl (C=O) groups excluding carboxylic acids is 2. The maximum Gasteiger partial charge on any atom is 0.234 e. The van der Waals surface area contributed by atoms with Gasteiger partial charge in [0, 0.05) is 18.4 Å². The van der Waals surface area contributed by atoms with Crippen LogP contribution in [0.3, 0.4) is 0 Å². The van der Waals surface area contributed by atoms with E-state index in [0.717, 1.165) is 4.90 Å². The number of hydrogen-bond acceptors (Lipinski definition) is 4. The molecule has 0 radical (unpaired) electrons. The molecule has 1 fully saturated rings. The van der Waals surface area contributed by atoms with E-state index >= 15 is 0 Å². The normalized spacial score (nSPS) is 15.1. The third-order valence-electron chi connectivity index (χ3n) is 2.76. The molecule has 6 heteroatoms. The quantitative estimate of drug-likeness (QED) is 0.651. The van der Waals surface area contributed by atoms with Crippen LogP contribution in [0.4, 0.5) is 5.69 Å². The number of hydrogen-bond donors (Lipinski definition) is 1. The van der Waals surface area contributed by atoms with E-state index < -0.39 is 0 Å². The number of nitrogens with zero attached hydrogens (tertiary/aromatic N) is 1. The van der Waals surface area contributed by atoms with E-state index in [2.05, 4.69) is 0 Å². The monoisotopic (exact) mass is 264 g/mol. The third-order valence-corrected chi connectivity index (χ3v) is 2.99. The summed E-state index contributed by atoms with van der Waals surface area (Å²) in [5.41, 5.74) is 6.59. The van der Waals surface area contributed by atoms with Gasteiger partial charge in [0.05, 0.1) is 12.8 Å². The van der Waals surface area contributed by atoms with Gasteiger partial charge in [0.2, 0.25) is 11.8 Å². The lowest BCUT2D eigenvalue weighted by molar-refractivity contribution is -0.121. The summed E-state index contributed by atoms with van der Waals surface area (Å²) in [6.45, 7) is 0. The van der Waals surface area contributed by atoms with Gasteiger partial charge in [-0.3, -0.25) is 9.59 Å². The number of ether oxygens (including phenoxy) is 1. The number of rotatable bonds is 3. The Morgan fingerprint density at radius 2 is 1.94 bits per heavy atom. The van der Waals surface area contributed by atoms with Gasteiger partial charge in [-0.25, -0.2) is 4.90 Å². The number of thiocarbonyl (C=S) groups is 1. The van der Waals surface area contributed by atoms with Crippen LogP contribution in [-0.4, -0.2) is 23.9 Å². The SMILES string of the molecule is COc1cc(C(N)=S)ccc1N1C(=O)CCC1=O. The van der Waals surface area contributed by atoms with E-state index in [1.807, 2.05) is 0 Å². The Balaban J connectivity index is 2.48. The van der Waals surface area contributed by atoms with Gasteiger partial charge >= 0.3 is 0 Å². The fourth-order valence-electron chi connectivity index (χ4n) is 1.86. The summed E-state index contributed by atoms with van der Waals surface area (Å²) in [6, 6.07) is 4.91. The minimum absolute atomic E-state index is 0.221. The molecule has 2 rings (SSSR count). The van der Waals surface area contributed by atoms with E-state index in [1.54, 1.807) is 18.2 Å². The molecule has 0 unspecified atom stereocenters. The summed E-state index contributed by atoms with van der Waals surface area (Å²) in [5, 5.41) is 0. The second-order valence-electron chi connectivity index (χ2n) is 3.87. The van der Waals surface area contributed by atoms with Crippen molar-refractivity contribution in [2.45, 2.75) is 12.8 Å². The lowest BCUT2D eigenvalue weighted by Gasteiger charge is -2.17. The van der Waals surface area contributed by atoms with Gasteiger partial charge in [-0.05, 0) is 18.2 Å². The molecule has 1 saturated heterocycles.